The minimum absolute atomic E-state index is 0.314. The smallest absolute Gasteiger partial charge is 0.318 e. The molecule has 2 unspecified atom stereocenters. The van der Waals surface area contributed by atoms with Gasteiger partial charge in [-0.2, -0.15) is 0 Å². The first-order chi connectivity index (χ1) is 16.0. The maximum atomic E-state index is 12.7. The van der Waals surface area contributed by atoms with Crippen LogP contribution in [0.5, 0.6) is 0 Å². The van der Waals surface area contributed by atoms with Gasteiger partial charge in [-0.05, 0) is 61.1 Å². The van der Waals surface area contributed by atoms with E-state index in [9.17, 15) is 19.8 Å². The lowest BCUT2D eigenvalue weighted by Gasteiger charge is -2.33. The SMILES string of the molecule is CCC(C(=O)O)(c1ccc(C(CC)(C(=O)O)c2ccc(C)cc2S)cc1)c1ccc(C)cc1S. The molecule has 0 aliphatic rings. The van der Waals surface area contributed by atoms with Gasteiger partial charge in [0.1, 0.15) is 10.8 Å². The highest BCUT2D eigenvalue weighted by atomic mass is 32.1. The number of carboxylic acids is 2. The van der Waals surface area contributed by atoms with Crippen molar-refractivity contribution < 1.29 is 19.8 Å². The maximum Gasteiger partial charge on any atom is 0.318 e. The predicted molar refractivity (Wildman–Crippen MR) is 141 cm³/mol. The number of rotatable bonds is 8. The summed E-state index contributed by atoms with van der Waals surface area (Å²) in [6.45, 7) is 7.54. The van der Waals surface area contributed by atoms with Crippen LogP contribution in [0.15, 0.2) is 70.5 Å². The van der Waals surface area contributed by atoms with Crippen molar-refractivity contribution in [3.8, 4) is 0 Å². The van der Waals surface area contributed by atoms with Crippen molar-refractivity contribution in [1.82, 2.24) is 0 Å². The molecule has 6 heteroatoms. The fourth-order valence-electron chi connectivity index (χ4n) is 4.92. The van der Waals surface area contributed by atoms with Crippen LogP contribution in [0.2, 0.25) is 0 Å². The Hall–Kier alpha value is -2.70. The van der Waals surface area contributed by atoms with Crippen LogP contribution < -0.4 is 0 Å². The van der Waals surface area contributed by atoms with E-state index in [-0.39, 0.29) is 0 Å². The van der Waals surface area contributed by atoms with E-state index in [0.717, 1.165) is 11.1 Å². The molecule has 3 rings (SSSR count). The molecule has 3 aromatic carbocycles. The average molecular weight is 495 g/mol. The number of hydrogen-bond acceptors (Lipinski definition) is 4. The molecule has 0 fully saturated rings. The zero-order valence-electron chi connectivity index (χ0n) is 19.8. The number of carboxylic acid groups (broad SMARTS) is 2. The summed E-state index contributed by atoms with van der Waals surface area (Å²) in [7, 11) is 0. The van der Waals surface area contributed by atoms with E-state index < -0.39 is 22.8 Å². The second-order valence-electron chi connectivity index (χ2n) is 8.75. The van der Waals surface area contributed by atoms with E-state index in [1.165, 1.54) is 0 Å². The number of hydrogen-bond donors (Lipinski definition) is 4. The normalized spacial score (nSPS) is 14.8. The topological polar surface area (TPSA) is 74.6 Å². The minimum Gasteiger partial charge on any atom is -0.480 e. The number of thiol groups is 2. The summed E-state index contributed by atoms with van der Waals surface area (Å²) >= 11 is 9.17. The quantitative estimate of drug-likeness (QED) is 0.272. The van der Waals surface area contributed by atoms with E-state index >= 15 is 0 Å². The Morgan fingerprint density at radius 1 is 0.676 bits per heavy atom. The van der Waals surface area contributed by atoms with Gasteiger partial charge in [-0.25, -0.2) is 0 Å². The zero-order valence-corrected chi connectivity index (χ0v) is 21.6. The Morgan fingerprint density at radius 3 is 1.24 bits per heavy atom. The second-order valence-corrected chi connectivity index (χ2v) is 9.71. The molecule has 0 amide bonds. The van der Waals surface area contributed by atoms with Gasteiger partial charge in [0.2, 0.25) is 0 Å². The second kappa shape index (κ2) is 9.88. The molecule has 4 nitrogen and oxygen atoms in total. The first-order valence-electron chi connectivity index (χ1n) is 11.2. The number of aliphatic carboxylic acids is 2. The Labute approximate surface area is 211 Å². The molecule has 178 valence electrons. The molecule has 2 N–H and O–H groups in total. The van der Waals surface area contributed by atoms with Crippen LogP contribution in [0.3, 0.4) is 0 Å². The summed E-state index contributed by atoms with van der Waals surface area (Å²) in [4.78, 5) is 26.6. The lowest BCUT2D eigenvalue weighted by atomic mass is 9.69. The van der Waals surface area contributed by atoms with Crippen molar-refractivity contribution in [2.45, 2.75) is 61.2 Å². The van der Waals surface area contributed by atoms with Gasteiger partial charge in [0.15, 0.2) is 0 Å². The first-order valence-corrected chi connectivity index (χ1v) is 12.1. The van der Waals surface area contributed by atoms with Gasteiger partial charge in [0.25, 0.3) is 0 Å². The Bertz CT molecular complexity index is 1140. The molecule has 34 heavy (non-hydrogen) atoms. The van der Waals surface area contributed by atoms with Gasteiger partial charge in [0, 0.05) is 9.79 Å². The predicted octanol–water partition coefficient (Wildman–Crippen LogP) is 6.44. The fraction of sp³-hybridized carbons (Fsp3) is 0.286. The monoisotopic (exact) mass is 494 g/mol. The molecule has 0 aliphatic heterocycles. The minimum atomic E-state index is -1.31. The van der Waals surface area contributed by atoms with E-state index in [0.29, 0.717) is 44.9 Å². The highest BCUT2D eigenvalue weighted by molar-refractivity contribution is 7.80. The van der Waals surface area contributed by atoms with Gasteiger partial charge in [-0.3, -0.25) is 9.59 Å². The molecule has 2 atom stereocenters. The highest BCUT2D eigenvalue weighted by Gasteiger charge is 2.44. The number of aryl methyl sites for hydroxylation is 2. The van der Waals surface area contributed by atoms with Crippen LogP contribution in [0.1, 0.15) is 60.1 Å². The standard InChI is InChI=1S/C28H30O4S2/c1-5-27(25(29)30,21-13-7-17(3)15-23(21)33)19-9-11-20(12-10-19)28(6-2,26(31)32)22-14-8-18(4)16-24(22)34/h7-16,33-34H,5-6H2,1-4H3,(H,29,30)(H,31,32). The van der Waals surface area contributed by atoms with Gasteiger partial charge in [0.05, 0.1) is 0 Å². The average Bonchev–Trinajstić information content (AvgIpc) is 2.78. The maximum absolute atomic E-state index is 12.7. The summed E-state index contributed by atoms with van der Waals surface area (Å²) in [5.41, 5.74) is 1.76. The third-order valence-corrected chi connectivity index (χ3v) is 7.63. The molecule has 0 saturated heterocycles. The summed E-state index contributed by atoms with van der Waals surface area (Å²) in [5.74, 6) is -1.95. The molecule has 0 saturated carbocycles. The van der Waals surface area contributed by atoms with E-state index in [1.54, 1.807) is 24.3 Å². The van der Waals surface area contributed by atoms with Crippen LogP contribution in [0.4, 0.5) is 0 Å². The molecular weight excluding hydrogens is 464 g/mol. The summed E-state index contributed by atoms with van der Waals surface area (Å²) in [5, 5.41) is 20.8. The third-order valence-electron chi connectivity index (χ3n) is 6.89. The van der Waals surface area contributed by atoms with E-state index in [4.69, 9.17) is 0 Å². The Kier molecular flexibility index (Phi) is 7.53. The third kappa shape index (κ3) is 4.14. The van der Waals surface area contributed by atoms with Crippen LogP contribution >= 0.6 is 25.3 Å². The largest absolute Gasteiger partial charge is 0.480 e. The summed E-state index contributed by atoms with van der Waals surface area (Å²) < 4.78 is 0. The lowest BCUT2D eigenvalue weighted by molar-refractivity contribution is -0.143. The summed E-state index contributed by atoms with van der Waals surface area (Å²) in [6.07, 6.45) is 0.629. The van der Waals surface area contributed by atoms with Crippen molar-refractivity contribution in [1.29, 1.82) is 0 Å². The number of benzene rings is 3. The molecule has 0 aliphatic carbocycles. The molecule has 0 bridgehead atoms. The lowest BCUT2D eigenvalue weighted by Crippen LogP contribution is -2.38. The van der Waals surface area contributed by atoms with Gasteiger partial charge in [-0.1, -0.05) is 73.5 Å². The van der Waals surface area contributed by atoms with Crippen LogP contribution in [0.25, 0.3) is 0 Å². The van der Waals surface area contributed by atoms with Crippen molar-refractivity contribution in [2.75, 3.05) is 0 Å². The van der Waals surface area contributed by atoms with Gasteiger partial charge >= 0.3 is 11.9 Å². The number of carbonyl (C=O) groups is 2. The van der Waals surface area contributed by atoms with Crippen molar-refractivity contribution in [3.63, 3.8) is 0 Å². The van der Waals surface area contributed by atoms with Crippen LogP contribution in [0, 0.1) is 13.8 Å². The molecule has 0 heterocycles. The molecule has 0 aromatic heterocycles. The molecular formula is C28H30O4S2. The zero-order chi connectivity index (χ0) is 25.3. The van der Waals surface area contributed by atoms with Crippen LogP contribution in [-0.2, 0) is 20.4 Å². The molecule has 0 radical (unpaired) electrons. The summed E-state index contributed by atoms with van der Waals surface area (Å²) in [6, 6.07) is 18.1. The molecule has 3 aromatic rings. The highest BCUT2D eigenvalue weighted by Crippen LogP contribution is 2.43. The fourth-order valence-corrected chi connectivity index (χ4v) is 5.86. The van der Waals surface area contributed by atoms with E-state index in [2.05, 4.69) is 25.3 Å². The van der Waals surface area contributed by atoms with E-state index in [1.807, 2.05) is 64.1 Å². The first kappa shape index (κ1) is 25.9. The molecule has 0 spiro atoms. The Balaban J connectivity index is 2.23. The van der Waals surface area contributed by atoms with Crippen molar-refractivity contribution >= 4 is 37.2 Å². The van der Waals surface area contributed by atoms with Crippen LogP contribution in [-0.4, -0.2) is 22.2 Å². The Morgan fingerprint density at radius 2 is 1.00 bits per heavy atom. The van der Waals surface area contributed by atoms with Gasteiger partial charge in [-0.15, -0.1) is 25.3 Å². The van der Waals surface area contributed by atoms with Crippen molar-refractivity contribution in [2.24, 2.45) is 0 Å². The van der Waals surface area contributed by atoms with Crippen molar-refractivity contribution in [3.05, 3.63) is 94.0 Å². The van der Waals surface area contributed by atoms with Gasteiger partial charge < -0.3 is 10.2 Å².